The number of thiazole rings is 1. The summed E-state index contributed by atoms with van der Waals surface area (Å²) in [5.41, 5.74) is 3.93. The van der Waals surface area contributed by atoms with Gasteiger partial charge in [0.2, 0.25) is 11.8 Å². The minimum absolute atomic E-state index is 0.0334. The quantitative estimate of drug-likeness (QED) is 0.511. The molecule has 2 amide bonds. The molecule has 1 fully saturated rings. The fourth-order valence-electron chi connectivity index (χ4n) is 4.85. The Morgan fingerprint density at radius 3 is 2.17 bits per heavy atom. The molecule has 1 aliphatic carbocycles. The van der Waals surface area contributed by atoms with Crippen molar-refractivity contribution in [3.05, 3.63) is 41.0 Å². The molecule has 1 aromatic carbocycles. The zero-order chi connectivity index (χ0) is 26.8. The van der Waals surface area contributed by atoms with Crippen molar-refractivity contribution in [2.24, 2.45) is 28.6 Å². The maximum Gasteiger partial charge on any atom is 0.225 e. The van der Waals surface area contributed by atoms with E-state index >= 15 is 0 Å². The van der Waals surface area contributed by atoms with E-state index in [0.29, 0.717) is 19.4 Å². The lowest BCUT2D eigenvalue weighted by Crippen LogP contribution is -2.54. The molecule has 0 radical (unpaired) electrons. The highest BCUT2D eigenvalue weighted by molar-refractivity contribution is 7.13. The molecule has 1 aliphatic rings. The van der Waals surface area contributed by atoms with E-state index in [1.54, 1.807) is 11.3 Å². The number of carbonyl (C=O) groups excluding carboxylic acids is 3. The summed E-state index contributed by atoms with van der Waals surface area (Å²) in [5.74, 6) is -0.789. The molecule has 7 heteroatoms. The highest BCUT2D eigenvalue weighted by Crippen LogP contribution is 2.39. The Kier molecular flexibility index (Phi) is 8.44. The number of aryl methyl sites for hydroxylation is 1. The molecule has 0 spiro atoms. The Labute approximate surface area is 219 Å². The van der Waals surface area contributed by atoms with E-state index in [1.807, 2.05) is 66.1 Å². The Hall–Kier alpha value is -2.54. The maximum absolute atomic E-state index is 13.8. The van der Waals surface area contributed by atoms with Gasteiger partial charge in [0.1, 0.15) is 0 Å². The number of nitrogens with one attached hydrogen (secondary N) is 2. The third-order valence-corrected chi connectivity index (χ3v) is 8.01. The summed E-state index contributed by atoms with van der Waals surface area (Å²) in [5, 5.41) is 6.07. The van der Waals surface area contributed by atoms with Gasteiger partial charge in [-0.3, -0.25) is 14.4 Å². The van der Waals surface area contributed by atoms with Crippen LogP contribution in [-0.4, -0.2) is 28.6 Å². The van der Waals surface area contributed by atoms with E-state index in [9.17, 15) is 14.4 Å². The number of carbonyl (C=O) groups is 3. The van der Waals surface area contributed by atoms with Crippen LogP contribution in [-0.2, 0) is 20.9 Å². The van der Waals surface area contributed by atoms with Crippen molar-refractivity contribution in [1.82, 2.24) is 15.6 Å². The number of amides is 2. The third kappa shape index (κ3) is 6.61. The summed E-state index contributed by atoms with van der Waals surface area (Å²) in [6.07, 6.45) is 1.34. The zero-order valence-corrected chi connectivity index (χ0v) is 23.7. The lowest BCUT2D eigenvalue weighted by atomic mass is 9.76. The van der Waals surface area contributed by atoms with Crippen molar-refractivity contribution in [2.45, 2.75) is 80.8 Å². The number of nitrogens with zero attached hydrogens (tertiary/aromatic N) is 1. The topological polar surface area (TPSA) is 88.2 Å². The van der Waals surface area contributed by atoms with Gasteiger partial charge in [0.15, 0.2) is 5.78 Å². The van der Waals surface area contributed by atoms with Gasteiger partial charge in [0.25, 0.3) is 0 Å². The molecule has 1 unspecified atom stereocenters. The van der Waals surface area contributed by atoms with Crippen LogP contribution >= 0.6 is 11.3 Å². The lowest BCUT2D eigenvalue weighted by molar-refractivity contribution is -0.139. The van der Waals surface area contributed by atoms with Crippen LogP contribution in [0.15, 0.2) is 29.8 Å². The second kappa shape index (κ2) is 10.8. The SMILES string of the molecule is Cc1ncsc1-c1ccc(CNC(=O)[C@@H]2C[C@@H](C)CC2C(=O)[C@@H](NC(=O)C(C)(C)C)C(C)(C)C)cc1. The predicted molar refractivity (Wildman–Crippen MR) is 145 cm³/mol. The molecule has 1 heterocycles. The van der Waals surface area contributed by atoms with E-state index in [1.165, 1.54) is 0 Å². The third-order valence-electron chi connectivity index (χ3n) is 7.04. The summed E-state index contributed by atoms with van der Waals surface area (Å²) in [6, 6.07) is 7.51. The van der Waals surface area contributed by atoms with Crippen molar-refractivity contribution in [1.29, 1.82) is 0 Å². The summed E-state index contributed by atoms with van der Waals surface area (Å²) < 4.78 is 0. The Balaban J connectivity index is 1.69. The molecule has 2 aromatic rings. The molecule has 4 atom stereocenters. The normalized spacial score (nSPS) is 21.2. The largest absolute Gasteiger partial charge is 0.352 e. The average Bonchev–Trinajstić information content (AvgIpc) is 3.39. The van der Waals surface area contributed by atoms with Crippen LogP contribution in [0, 0.1) is 35.5 Å². The zero-order valence-electron chi connectivity index (χ0n) is 22.9. The van der Waals surface area contributed by atoms with Crippen LogP contribution in [0.1, 0.15) is 72.6 Å². The van der Waals surface area contributed by atoms with Gasteiger partial charge in [-0.25, -0.2) is 4.98 Å². The van der Waals surface area contributed by atoms with Crippen LogP contribution in [0.4, 0.5) is 0 Å². The van der Waals surface area contributed by atoms with Crippen molar-refractivity contribution >= 4 is 28.9 Å². The Bertz CT molecular complexity index is 1090. The Morgan fingerprint density at radius 1 is 1.03 bits per heavy atom. The summed E-state index contributed by atoms with van der Waals surface area (Å²) in [6.45, 7) is 15.9. The van der Waals surface area contributed by atoms with Gasteiger partial charge in [-0.15, -0.1) is 11.3 Å². The van der Waals surface area contributed by atoms with E-state index in [2.05, 4.69) is 34.7 Å². The van der Waals surface area contributed by atoms with Gasteiger partial charge in [-0.2, -0.15) is 0 Å². The fourth-order valence-corrected chi connectivity index (χ4v) is 5.66. The second-order valence-corrected chi connectivity index (χ2v) is 13.3. The highest BCUT2D eigenvalue weighted by atomic mass is 32.1. The van der Waals surface area contributed by atoms with Crippen LogP contribution in [0.3, 0.4) is 0 Å². The van der Waals surface area contributed by atoms with Gasteiger partial charge in [-0.05, 0) is 42.2 Å². The molecule has 2 N–H and O–H groups in total. The molecule has 196 valence electrons. The standard InChI is InChI=1S/C29H41N3O3S/c1-17-13-21(23(33)25(28(3,4)5)32-27(35)29(6,7)8)22(14-17)26(34)30-15-19-9-11-20(12-10-19)24-18(2)31-16-36-24/h9-12,16-17,21-22,25H,13-15H2,1-8H3,(H,30,34)(H,32,35)/t17-,21?,22+,25+/m0/s1. The lowest BCUT2D eigenvalue weighted by Gasteiger charge is -2.35. The monoisotopic (exact) mass is 511 g/mol. The molecule has 3 rings (SSSR count). The first-order valence-electron chi connectivity index (χ1n) is 12.8. The number of rotatable bonds is 7. The molecule has 6 nitrogen and oxygen atoms in total. The average molecular weight is 512 g/mol. The first-order valence-corrected chi connectivity index (χ1v) is 13.7. The number of Topliss-reactive ketones (excluding diaryl/α,β-unsaturated/α-hetero) is 1. The van der Waals surface area contributed by atoms with E-state index in [-0.39, 0.29) is 29.4 Å². The number of benzene rings is 1. The van der Waals surface area contributed by atoms with Gasteiger partial charge < -0.3 is 10.6 Å². The van der Waals surface area contributed by atoms with Gasteiger partial charge >= 0.3 is 0 Å². The van der Waals surface area contributed by atoms with Gasteiger partial charge in [-0.1, -0.05) is 72.7 Å². The summed E-state index contributed by atoms with van der Waals surface area (Å²) in [4.78, 5) is 45.3. The molecule has 36 heavy (non-hydrogen) atoms. The number of ketones is 1. The molecular formula is C29H41N3O3S. The molecular weight excluding hydrogens is 470 g/mol. The number of hydrogen-bond donors (Lipinski definition) is 2. The van der Waals surface area contributed by atoms with Crippen LogP contribution < -0.4 is 10.6 Å². The molecule has 1 saturated carbocycles. The fraction of sp³-hybridized carbons (Fsp3) is 0.586. The second-order valence-electron chi connectivity index (χ2n) is 12.4. The summed E-state index contributed by atoms with van der Waals surface area (Å²) in [7, 11) is 0. The molecule has 1 aromatic heterocycles. The molecule has 0 bridgehead atoms. The molecule has 0 saturated heterocycles. The first-order chi connectivity index (χ1) is 16.7. The first kappa shape index (κ1) is 28.0. The summed E-state index contributed by atoms with van der Waals surface area (Å²) >= 11 is 1.62. The molecule has 0 aliphatic heterocycles. The van der Waals surface area contributed by atoms with Crippen molar-refractivity contribution in [2.75, 3.05) is 0 Å². The highest BCUT2D eigenvalue weighted by Gasteiger charge is 2.46. The van der Waals surface area contributed by atoms with Crippen molar-refractivity contribution in [3.63, 3.8) is 0 Å². The van der Waals surface area contributed by atoms with E-state index in [4.69, 9.17) is 0 Å². The number of hydrogen-bond acceptors (Lipinski definition) is 5. The van der Waals surface area contributed by atoms with E-state index in [0.717, 1.165) is 21.7 Å². The smallest absolute Gasteiger partial charge is 0.225 e. The van der Waals surface area contributed by atoms with Crippen LogP contribution in [0.2, 0.25) is 0 Å². The minimum Gasteiger partial charge on any atom is -0.352 e. The van der Waals surface area contributed by atoms with Crippen molar-refractivity contribution in [3.8, 4) is 10.4 Å². The predicted octanol–water partition coefficient (Wildman–Crippen LogP) is 5.54. The van der Waals surface area contributed by atoms with Crippen LogP contribution in [0.25, 0.3) is 10.4 Å². The van der Waals surface area contributed by atoms with Crippen molar-refractivity contribution < 1.29 is 14.4 Å². The minimum atomic E-state index is -0.641. The van der Waals surface area contributed by atoms with Crippen LogP contribution in [0.5, 0.6) is 0 Å². The van der Waals surface area contributed by atoms with E-state index < -0.39 is 22.8 Å². The Morgan fingerprint density at radius 2 is 1.64 bits per heavy atom. The van der Waals surface area contributed by atoms with Gasteiger partial charge in [0.05, 0.1) is 22.1 Å². The number of aromatic nitrogens is 1. The van der Waals surface area contributed by atoms with Gasteiger partial charge in [0, 0.05) is 23.8 Å². The maximum atomic E-state index is 13.8.